The van der Waals surface area contributed by atoms with Gasteiger partial charge in [-0.3, -0.25) is 4.98 Å². The zero-order chi connectivity index (χ0) is 12.6. The van der Waals surface area contributed by atoms with Crippen molar-refractivity contribution in [3.63, 3.8) is 0 Å². The van der Waals surface area contributed by atoms with E-state index in [1.165, 1.54) is 12.3 Å². The monoisotopic (exact) mass is 328 g/mol. The van der Waals surface area contributed by atoms with Crippen LogP contribution in [0.25, 0.3) is 0 Å². The number of aromatic nitrogens is 1. The molecule has 0 N–H and O–H groups in total. The molecule has 0 saturated heterocycles. The molecule has 0 saturated carbocycles. The summed E-state index contributed by atoms with van der Waals surface area (Å²) >= 11 is 3.09. The van der Waals surface area contributed by atoms with Crippen molar-refractivity contribution >= 4 is 41.7 Å². The Bertz CT molecular complexity index is 565. The Morgan fingerprint density at radius 1 is 1.12 bits per heavy atom. The van der Waals surface area contributed by atoms with Crippen LogP contribution in [0.3, 0.4) is 0 Å². The lowest BCUT2D eigenvalue weighted by molar-refractivity contribution is 0.590. The third-order valence-corrected chi connectivity index (χ3v) is 5.19. The molecule has 0 spiro atoms. The third-order valence-electron chi connectivity index (χ3n) is 1.50. The lowest BCUT2D eigenvalue weighted by Crippen LogP contribution is -2.35. The van der Waals surface area contributed by atoms with Gasteiger partial charge >= 0.3 is 0 Å². The number of hydrogen-bond donors (Lipinski definition) is 0. The first-order chi connectivity index (χ1) is 7.12. The SMILES string of the molecule is CS(=O)(=O)N(c1cncc(Br)c1)S(C)(=O)=O. The van der Waals surface area contributed by atoms with Gasteiger partial charge in [-0.1, -0.05) is 0 Å². The van der Waals surface area contributed by atoms with E-state index < -0.39 is 20.0 Å². The van der Waals surface area contributed by atoms with Crippen LogP contribution in [0.1, 0.15) is 0 Å². The van der Waals surface area contributed by atoms with E-state index in [0.717, 1.165) is 18.7 Å². The van der Waals surface area contributed by atoms with Crippen molar-refractivity contribution in [3.05, 3.63) is 22.9 Å². The highest BCUT2D eigenvalue weighted by Crippen LogP contribution is 2.22. The molecule has 1 rings (SSSR count). The van der Waals surface area contributed by atoms with E-state index in [1.807, 2.05) is 0 Å². The molecule has 0 unspecified atom stereocenters. The minimum absolute atomic E-state index is 0.0284. The zero-order valence-electron chi connectivity index (χ0n) is 8.45. The second-order valence-corrected chi connectivity index (χ2v) is 7.89. The average Bonchev–Trinajstić information content (AvgIpc) is 1.97. The molecular formula is C7H9BrN2O4S2. The van der Waals surface area contributed by atoms with Crippen LogP contribution in [0.5, 0.6) is 0 Å². The molecule has 0 aliphatic carbocycles. The predicted molar refractivity (Wildman–Crippen MR) is 64.1 cm³/mol. The number of anilines is 1. The molecule has 16 heavy (non-hydrogen) atoms. The van der Waals surface area contributed by atoms with Gasteiger partial charge in [0.1, 0.15) is 0 Å². The van der Waals surface area contributed by atoms with Crippen molar-refractivity contribution in [1.82, 2.24) is 4.98 Å². The number of pyridine rings is 1. The van der Waals surface area contributed by atoms with Gasteiger partial charge in [0, 0.05) is 10.7 Å². The molecule has 0 aromatic carbocycles. The van der Waals surface area contributed by atoms with Crippen LogP contribution >= 0.6 is 15.9 Å². The van der Waals surface area contributed by atoms with E-state index in [2.05, 4.69) is 20.9 Å². The zero-order valence-corrected chi connectivity index (χ0v) is 11.7. The molecular weight excluding hydrogens is 320 g/mol. The van der Waals surface area contributed by atoms with Gasteiger partial charge in [0.2, 0.25) is 20.0 Å². The van der Waals surface area contributed by atoms with E-state index in [1.54, 1.807) is 0 Å². The Kier molecular flexibility index (Phi) is 3.60. The minimum Gasteiger partial charge on any atom is -0.261 e. The van der Waals surface area contributed by atoms with Crippen molar-refractivity contribution in [2.24, 2.45) is 0 Å². The molecule has 0 bridgehead atoms. The molecule has 0 amide bonds. The second kappa shape index (κ2) is 4.30. The van der Waals surface area contributed by atoms with E-state index in [4.69, 9.17) is 0 Å². The van der Waals surface area contributed by atoms with E-state index in [9.17, 15) is 16.8 Å². The van der Waals surface area contributed by atoms with E-state index >= 15 is 0 Å². The van der Waals surface area contributed by atoms with Crippen LogP contribution in [0.4, 0.5) is 5.69 Å². The lowest BCUT2D eigenvalue weighted by Gasteiger charge is -2.19. The molecule has 6 nitrogen and oxygen atoms in total. The highest BCUT2D eigenvalue weighted by atomic mass is 79.9. The average molecular weight is 329 g/mol. The molecule has 0 radical (unpaired) electrons. The number of rotatable bonds is 3. The first kappa shape index (κ1) is 13.4. The fourth-order valence-corrected chi connectivity index (χ4v) is 4.42. The summed E-state index contributed by atoms with van der Waals surface area (Å²) < 4.78 is 46.4. The van der Waals surface area contributed by atoms with Crippen molar-refractivity contribution < 1.29 is 16.8 Å². The van der Waals surface area contributed by atoms with Gasteiger partial charge in [0.15, 0.2) is 0 Å². The summed E-state index contributed by atoms with van der Waals surface area (Å²) in [4.78, 5) is 3.71. The summed E-state index contributed by atoms with van der Waals surface area (Å²) in [5, 5.41) is 0. The second-order valence-electron chi connectivity index (χ2n) is 3.08. The molecule has 9 heteroatoms. The molecule has 0 fully saturated rings. The van der Waals surface area contributed by atoms with Gasteiger partial charge in [0.05, 0.1) is 24.4 Å². The van der Waals surface area contributed by atoms with Crippen LogP contribution in [0.2, 0.25) is 0 Å². The molecule has 1 aromatic heterocycles. The number of nitrogens with zero attached hydrogens (tertiary/aromatic N) is 2. The summed E-state index contributed by atoms with van der Waals surface area (Å²) in [5.41, 5.74) is -0.0284. The summed E-state index contributed by atoms with van der Waals surface area (Å²) in [6.07, 6.45) is 4.21. The van der Waals surface area contributed by atoms with Crippen LogP contribution < -0.4 is 3.71 Å². The minimum atomic E-state index is -3.91. The maximum absolute atomic E-state index is 11.4. The van der Waals surface area contributed by atoms with Crippen molar-refractivity contribution in [3.8, 4) is 0 Å². The summed E-state index contributed by atoms with van der Waals surface area (Å²) in [6.45, 7) is 0. The first-order valence-electron chi connectivity index (χ1n) is 3.93. The van der Waals surface area contributed by atoms with Gasteiger partial charge in [-0.2, -0.15) is 3.71 Å². The van der Waals surface area contributed by atoms with Gasteiger partial charge in [-0.25, -0.2) is 16.8 Å². The smallest absolute Gasteiger partial charge is 0.245 e. The molecule has 90 valence electrons. The summed E-state index contributed by atoms with van der Waals surface area (Å²) in [6, 6.07) is 1.36. The molecule has 0 aliphatic rings. The highest BCUT2D eigenvalue weighted by Gasteiger charge is 2.27. The molecule has 0 atom stereocenters. The Balaban J connectivity index is 3.47. The fraction of sp³-hybridized carbons (Fsp3) is 0.286. The van der Waals surface area contributed by atoms with E-state index in [0.29, 0.717) is 8.18 Å². The van der Waals surface area contributed by atoms with Crippen LogP contribution in [0.15, 0.2) is 22.9 Å². The molecule has 0 aliphatic heterocycles. The maximum atomic E-state index is 11.4. The van der Waals surface area contributed by atoms with E-state index in [-0.39, 0.29) is 5.69 Å². The number of hydrogen-bond acceptors (Lipinski definition) is 5. The topological polar surface area (TPSA) is 84.4 Å². The van der Waals surface area contributed by atoms with Gasteiger partial charge < -0.3 is 0 Å². The Labute approximate surface area is 103 Å². The fourth-order valence-electron chi connectivity index (χ4n) is 1.13. The lowest BCUT2D eigenvalue weighted by atomic mass is 10.4. The Morgan fingerprint density at radius 2 is 1.62 bits per heavy atom. The Hall–Kier alpha value is -0.670. The van der Waals surface area contributed by atoms with Gasteiger partial charge in [-0.15, -0.1) is 0 Å². The van der Waals surface area contributed by atoms with Crippen LogP contribution in [-0.4, -0.2) is 34.3 Å². The van der Waals surface area contributed by atoms with Crippen molar-refractivity contribution in [1.29, 1.82) is 0 Å². The van der Waals surface area contributed by atoms with Crippen molar-refractivity contribution in [2.45, 2.75) is 0 Å². The summed E-state index contributed by atoms with van der Waals surface area (Å²) in [5.74, 6) is 0. The first-order valence-corrected chi connectivity index (χ1v) is 8.42. The normalized spacial score (nSPS) is 12.4. The summed E-state index contributed by atoms with van der Waals surface area (Å²) in [7, 11) is -7.82. The van der Waals surface area contributed by atoms with Crippen LogP contribution in [-0.2, 0) is 20.0 Å². The quantitative estimate of drug-likeness (QED) is 0.809. The standard InChI is InChI=1S/C7H9BrN2O4S2/c1-15(11,12)10(16(2,13)14)7-3-6(8)4-9-5-7/h3-5H,1-2H3. The number of sulfonamides is 2. The van der Waals surface area contributed by atoms with Gasteiger partial charge in [0.25, 0.3) is 0 Å². The van der Waals surface area contributed by atoms with Gasteiger partial charge in [-0.05, 0) is 22.0 Å². The molecule has 1 heterocycles. The maximum Gasteiger partial charge on any atom is 0.245 e. The predicted octanol–water partition coefficient (Wildman–Crippen LogP) is 0.570. The molecule has 1 aromatic rings. The Morgan fingerprint density at radius 3 is 2.00 bits per heavy atom. The van der Waals surface area contributed by atoms with Crippen LogP contribution in [0, 0.1) is 0 Å². The highest BCUT2D eigenvalue weighted by molar-refractivity contribution is 9.10. The number of halogens is 1. The van der Waals surface area contributed by atoms with Crippen molar-refractivity contribution in [2.75, 3.05) is 16.2 Å². The third kappa shape index (κ3) is 3.16. The largest absolute Gasteiger partial charge is 0.261 e.